The van der Waals surface area contributed by atoms with Crippen LogP contribution in [0.3, 0.4) is 0 Å². The number of rotatable bonds is 12. The molecule has 9 nitrogen and oxygen atoms in total. The Kier molecular flexibility index (Phi) is 9.59. The third kappa shape index (κ3) is 7.83. The molecule has 0 atom stereocenters. The topological polar surface area (TPSA) is 107 Å². The number of likely N-dealkylation sites (N-methyl/N-ethyl adjacent to an activating group) is 1. The number of amides is 2. The number of ether oxygens (including phenoxy) is 2. The molecule has 0 unspecified atom stereocenters. The molecule has 1 aliphatic carbocycles. The van der Waals surface area contributed by atoms with Crippen LogP contribution in [0.25, 0.3) is 0 Å². The zero-order valence-corrected chi connectivity index (χ0v) is 23.1. The Morgan fingerprint density at radius 1 is 1.08 bits per heavy atom. The number of hydrogen-bond donors (Lipinski definition) is 3. The van der Waals surface area contributed by atoms with E-state index in [9.17, 15) is 9.59 Å². The summed E-state index contributed by atoms with van der Waals surface area (Å²) in [4.78, 5) is 28.6. The van der Waals surface area contributed by atoms with Crippen molar-refractivity contribution in [1.82, 2.24) is 20.4 Å². The van der Waals surface area contributed by atoms with Crippen molar-refractivity contribution >= 4 is 17.5 Å². The molecule has 0 bridgehead atoms. The van der Waals surface area contributed by atoms with Crippen molar-refractivity contribution in [1.29, 1.82) is 5.41 Å². The minimum Gasteiger partial charge on any atom is -0.493 e. The maximum atomic E-state index is 12.7. The zero-order chi connectivity index (χ0) is 27.8. The van der Waals surface area contributed by atoms with Gasteiger partial charge in [0.25, 0.3) is 5.91 Å². The largest absolute Gasteiger partial charge is 0.493 e. The van der Waals surface area contributed by atoms with Gasteiger partial charge >= 0.3 is 0 Å². The van der Waals surface area contributed by atoms with E-state index in [-0.39, 0.29) is 24.3 Å². The first-order valence-electron chi connectivity index (χ1n) is 13.5. The number of hydrogen-bond acceptors (Lipinski definition) is 7. The van der Waals surface area contributed by atoms with E-state index in [0.717, 1.165) is 56.7 Å². The van der Waals surface area contributed by atoms with Gasteiger partial charge in [0.15, 0.2) is 11.5 Å². The number of allylic oxidation sites excluding steroid dienone is 1. The molecule has 1 aliphatic heterocycles. The van der Waals surface area contributed by atoms with Gasteiger partial charge in [0.2, 0.25) is 5.91 Å². The summed E-state index contributed by atoms with van der Waals surface area (Å²) in [6.07, 6.45) is 3.65. The van der Waals surface area contributed by atoms with Crippen LogP contribution >= 0.6 is 0 Å². The molecule has 4 rings (SSSR count). The van der Waals surface area contributed by atoms with Crippen molar-refractivity contribution in [2.45, 2.75) is 39.5 Å². The predicted molar refractivity (Wildman–Crippen MR) is 151 cm³/mol. The lowest BCUT2D eigenvalue weighted by molar-refractivity contribution is -0.130. The molecule has 2 fully saturated rings. The van der Waals surface area contributed by atoms with Crippen LogP contribution in [-0.2, 0) is 29.3 Å². The van der Waals surface area contributed by atoms with Crippen molar-refractivity contribution in [3.8, 4) is 11.5 Å². The van der Waals surface area contributed by atoms with Crippen LogP contribution in [0, 0.1) is 11.3 Å². The summed E-state index contributed by atoms with van der Waals surface area (Å²) in [5.74, 6) is 1.34. The van der Waals surface area contributed by atoms with E-state index in [1.54, 1.807) is 27.2 Å². The fourth-order valence-electron chi connectivity index (χ4n) is 4.69. The number of methoxy groups -OCH3 is 1. The molecule has 1 saturated heterocycles. The Hall–Kier alpha value is -3.85. The standard InChI is InChI=1S/C30H39N5O4/c1-21(36)35-14-12-34(13-15-35)19-22-6-4-7-23(16-22)20-39-28-9-5-8-25(29(28)38-3)18-33-30(37)27(32-2)17-26(31)24-10-11-24/h4-9,16-17,24,31-32H,10-15,18-20H2,1-3H3,(H,33,37)/b27-17-,31-26?. The van der Waals surface area contributed by atoms with E-state index in [4.69, 9.17) is 14.9 Å². The fraction of sp³-hybridized carbons (Fsp3) is 0.433. The summed E-state index contributed by atoms with van der Waals surface area (Å²) in [6.45, 7) is 6.39. The van der Waals surface area contributed by atoms with Gasteiger partial charge in [0, 0.05) is 70.4 Å². The maximum absolute atomic E-state index is 12.7. The Bertz CT molecular complexity index is 1220. The second kappa shape index (κ2) is 13.3. The smallest absolute Gasteiger partial charge is 0.267 e. The van der Waals surface area contributed by atoms with Crippen molar-refractivity contribution in [2.75, 3.05) is 40.3 Å². The average molecular weight is 534 g/mol. The van der Waals surface area contributed by atoms with Crippen LogP contribution in [-0.4, -0.2) is 67.7 Å². The van der Waals surface area contributed by atoms with Crippen molar-refractivity contribution < 1.29 is 19.1 Å². The monoisotopic (exact) mass is 533 g/mol. The third-order valence-electron chi connectivity index (χ3n) is 7.14. The maximum Gasteiger partial charge on any atom is 0.267 e. The van der Waals surface area contributed by atoms with E-state index in [1.807, 2.05) is 35.2 Å². The number of nitrogens with one attached hydrogen (secondary N) is 3. The number of nitrogens with zero attached hydrogens (tertiary/aromatic N) is 2. The molecule has 2 aromatic rings. The Morgan fingerprint density at radius 2 is 1.79 bits per heavy atom. The van der Waals surface area contributed by atoms with Gasteiger partial charge in [-0.05, 0) is 36.1 Å². The Morgan fingerprint density at radius 3 is 2.46 bits per heavy atom. The van der Waals surface area contributed by atoms with Gasteiger partial charge < -0.3 is 30.4 Å². The molecule has 0 radical (unpaired) electrons. The van der Waals surface area contributed by atoms with Crippen LogP contribution < -0.4 is 20.1 Å². The third-order valence-corrected chi connectivity index (χ3v) is 7.14. The minimum atomic E-state index is -0.268. The summed E-state index contributed by atoms with van der Waals surface area (Å²) < 4.78 is 11.8. The average Bonchev–Trinajstić information content (AvgIpc) is 3.80. The molecule has 2 aromatic carbocycles. The van der Waals surface area contributed by atoms with E-state index in [0.29, 0.717) is 29.5 Å². The second-order valence-electron chi connectivity index (χ2n) is 10.1. The highest BCUT2D eigenvalue weighted by Gasteiger charge is 2.26. The molecule has 0 spiro atoms. The van der Waals surface area contributed by atoms with E-state index in [1.165, 1.54) is 5.56 Å². The normalized spacial score (nSPS) is 16.0. The molecule has 1 heterocycles. The Balaban J connectivity index is 1.34. The summed E-state index contributed by atoms with van der Waals surface area (Å²) in [6, 6.07) is 14.0. The summed E-state index contributed by atoms with van der Waals surface area (Å²) >= 11 is 0. The number of carbonyl (C=O) groups is 2. The van der Waals surface area contributed by atoms with Gasteiger partial charge in [0.1, 0.15) is 12.3 Å². The SMILES string of the molecule is CN/C(=C\C(=N)C1CC1)C(=O)NCc1cccc(OCc2cccc(CN3CCN(C(C)=O)CC3)c2)c1OC. The van der Waals surface area contributed by atoms with Gasteiger partial charge in [-0.3, -0.25) is 14.5 Å². The fourth-order valence-corrected chi connectivity index (χ4v) is 4.69. The molecule has 208 valence electrons. The number of para-hydroxylation sites is 1. The highest BCUT2D eigenvalue weighted by Crippen LogP contribution is 2.32. The lowest BCUT2D eigenvalue weighted by Crippen LogP contribution is -2.47. The highest BCUT2D eigenvalue weighted by atomic mass is 16.5. The van der Waals surface area contributed by atoms with Gasteiger partial charge in [-0.1, -0.05) is 36.4 Å². The van der Waals surface area contributed by atoms with E-state index < -0.39 is 0 Å². The lowest BCUT2D eigenvalue weighted by Gasteiger charge is -2.34. The summed E-state index contributed by atoms with van der Waals surface area (Å²) in [7, 11) is 3.28. The number of piperazine rings is 1. The van der Waals surface area contributed by atoms with E-state index >= 15 is 0 Å². The van der Waals surface area contributed by atoms with Crippen LogP contribution in [0.2, 0.25) is 0 Å². The molecular weight excluding hydrogens is 494 g/mol. The van der Waals surface area contributed by atoms with Crippen molar-refractivity contribution in [3.05, 3.63) is 70.9 Å². The van der Waals surface area contributed by atoms with Gasteiger partial charge in [-0.25, -0.2) is 0 Å². The van der Waals surface area contributed by atoms with Crippen molar-refractivity contribution in [2.24, 2.45) is 5.92 Å². The molecule has 2 amide bonds. The minimum absolute atomic E-state index is 0.139. The van der Waals surface area contributed by atoms with Gasteiger partial charge in [0.05, 0.1) is 7.11 Å². The van der Waals surface area contributed by atoms with Crippen LogP contribution in [0.5, 0.6) is 11.5 Å². The number of carbonyl (C=O) groups excluding carboxylic acids is 2. The van der Waals surface area contributed by atoms with E-state index in [2.05, 4.69) is 27.7 Å². The van der Waals surface area contributed by atoms with Crippen LogP contribution in [0.1, 0.15) is 36.5 Å². The first-order valence-corrected chi connectivity index (χ1v) is 13.5. The van der Waals surface area contributed by atoms with Gasteiger partial charge in [-0.15, -0.1) is 0 Å². The molecule has 9 heteroatoms. The zero-order valence-electron chi connectivity index (χ0n) is 23.1. The predicted octanol–water partition coefficient (Wildman–Crippen LogP) is 3.09. The quantitative estimate of drug-likeness (QED) is 0.286. The summed E-state index contributed by atoms with van der Waals surface area (Å²) in [5.41, 5.74) is 3.92. The second-order valence-corrected chi connectivity index (χ2v) is 10.1. The highest BCUT2D eigenvalue weighted by molar-refractivity contribution is 6.04. The molecule has 39 heavy (non-hydrogen) atoms. The van der Waals surface area contributed by atoms with Crippen LogP contribution in [0.4, 0.5) is 0 Å². The molecular formula is C30H39N5O4. The Labute approximate surface area is 230 Å². The summed E-state index contributed by atoms with van der Waals surface area (Å²) in [5, 5.41) is 13.9. The van der Waals surface area contributed by atoms with Crippen molar-refractivity contribution in [3.63, 3.8) is 0 Å². The van der Waals surface area contributed by atoms with Gasteiger partial charge in [-0.2, -0.15) is 0 Å². The van der Waals surface area contributed by atoms with Crippen LogP contribution in [0.15, 0.2) is 54.2 Å². The molecule has 1 saturated carbocycles. The first kappa shape index (κ1) is 28.2. The lowest BCUT2D eigenvalue weighted by atomic mass is 10.1. The molecule has 3 N–H and O–H groups in total. The first-order chi connectivity index (χ1) is 18.9. The molecule has 0 aromatic heterocycles. The number of benzene rings is 2. The molecule has 2 aliphatic rings.